The van der Waals surface area contributed by atoms with Gasteiger partial charge in [0.15, 0.2) is 18.1 Å². The number of methoxy groups -OCH3 is 1. The molecular weight excluding hydrogens is 340 g/mol. The van der Waals surface area contributed by atoms with Gasteiger partial charge in [0.05, 0.1) is 7.11 Å². The van der Waals surface area contributed by atoms with Crippen molar-refractivity contribution in [3.63, 3.8) is 0 Å². The Kier molecular flexibility index (Phi) is 9.30. The van der Waals surface area contributed by atoms with Crippen molar-refractivity contribution in [2.45, 2.75) is 65.6 Å². The van der Waals surface area contributed by atoms with Crippen LogP contribution in [0.25, 0.3) is 0 Å². The van der Waals surface area contributed by atoms with E-state index >= 15 is 0 Å². The lowest BCUT2D eigenvalue weighted by atomic mass is 10.0. The second kappa shape index (κ2) is 9.88. The van der Waals surface area contributed by atoms with E-state index in [4.69, 9.17) is 9.47 Å². The van der Waals surface area contributed by atoms with Crippen molar-refractivity contribution < 1.29 is 14.3 Å². The van der Waals surface area contributed by atoms with Crippen LogP contribution in [0.1, 0.15) is 53.5 Å². The number of carbonyl (C=O) groups excluding carboxylic acids is 1. The van der Waals surface area contributed by atoms with Gasteiger partial charge in [0.2, 0.25) is 0 Å². The number of rotatable bonds is 8. The fourth-order valence-electron chi connectivity index (χ4n) is 2.01. The Morgan fingerprint density at radius 1 is 1.12 bits per heavy atom. The molecule has 0 saturated carbocycles. The average molecular weight is 373 g/mol. The van der Waals surface area contributed by atoms with Crippen LogP contribution in [-0.2, 0) is 11.3 Å². The Bertz CT molecular complexity index is 554. The van der Waals surface area contributed by atoms with Gasteiger partial charge in [-0.2, -0.15) is 0 Å². The van der Waals surface area contributed by atoms with Gasteiger partial charge < -0.3 is 20.1 Å². The summed E-state index contributed by atoms with van der Waals surface area (Å²) in [7, 11) is 1.60. The van der Waals surface area contributed by atoms with Gasteiger partial charge in [0, 0.05) is 17.6 Å². The topological polar surface area (TPSA) is 59.6 Å². The van der Waals surface area contributed by atoms with Gasteiger partial charge >= 0.3 is 0 Å². The molecule has 25 heavy (non-hydrogen) atoms. The largest absolute Gasteiger partial charge is 0.493 e. The number of hydrogen-bond acceptors (Lipinski definition) is 4. The molecule has 1 amide bonds. The Morgan fingerprint density at radius 2 is 1.76 bits per heavy atom. The molecule has 1 rings (SSSR count). The SMILES string of the molecule is CCC(C)(C)NCc1ccc(OCC(=O)NC(C)(C)C)c(OC)c1.Cl. The van der Waals surface area contributed by atoms with E-state index in [1.807, 2.05) is 39.0 Å². The summed E-state index contributed by atoms with van der Waals surface area (Å²) in [5, 5.41) is 6.38. The number of hydrogen-bond donors (Lipinski definition) is 2. The van der Waals surface area contributed by atoms with E-state index in [1.54, 1.807) is 7.11 Å². The van der Waals surface area contributed by atoms with E-state index in [1.165, 1.54) is 0 Å². The predicted molar refractivity (Wildman–Crippen MR) is 105 cm³/mol. The van der Waals surface area contributed by atoms with Crippen molar-refractivity contribution in [2.75, 3.05) is 13.7 Å². The highest BCUT2D eigenvalue weighted by atomic mass is 35.5. The molecule has 2 N–H and O–H groups in total. The summed E-state index contributed by atoms with van der Waals surface area (Å²) in [6, 6.07) is 5.77. The molecule has 0 spiro atoms. The second-order valence-electron chi connectivity index (χ2n) is 7.66. The number of benzene rings is 1. The molecule has 1 aromatic rings. The standard InChI is InChI=1S/C19H32N2O3.ClH/c1-8-19(5,6)20-12-14-9-10-15(16(11-14)23-7)24-13-17(22)21-18(2,3)4;/h9-11,20H,8,12-13H2,1-7H3,(H,21,22);1H. The average Bonchev–Trinajstić information content (AvgIpc) is 2.49. The van der Waals surface area contributed by atoms with Crippen molar-refractivity contribution in [1.82, 2.24) is 10.6 Å². The van der Waals surface area contributed by atoms with E-state index in [0.717, 1.165) is 18.5 Å². The van der Waals surface area contributed by atoms with Crippen LogP contribution in [0.5, 0.6) is 11.5 Å². The van der Waals surface area contributed by atoms with E-state index in [-0.39, 0.29) is 36.0 Å². The van der Waals surface area contributed by atoms with Crippen LogP contribution < -0.4 is 20.1 Å². The molecule has 0 unspecified atom stereocenters. The third-order valence-electron chi connectivity index (χ3n) is 3.76. The fraction of sp³-hybridized carbons (Fsp3) is 0.632. The Labute approximate surface area is 158 Å². The van der Waals surface area contributed by atoms with Crippen LogP contribution >= 0.6 is 12.4 Å². The van der Waals surface area contributed by atoms with Gasteiger partial charge in [0.1, 0.15) is 0 Å². The first-order valence-electron chi connectivity index (χ1n) is 8.42. The maximum atomic E-state index is 11.9. The molecule has 144 valence electrons. The van der Waals surface area contributed by atoms with Crippen LogP contribution in [0.2, 0.25) is 0 Å². The van der Waals surface area contributed by atoms with Crippen molar-refractivity contribution in [1.29, 1.82) is 0 Å². The second-order valence-corrected chi connectivity index (χ2v) is 7.66. The fourth-order valence-corrected chi connectivity index (χ4v) is 2.01. The minimum Gasteiger partial charge on any atom is -0.493 e. The van der Waals surface area contributed by atoms with E-state index in [9.17, 15) is 4.79 Å². The molecule has 0 aromatic heterocycles. The van der Waals surface area contributed by atoms with E-state index < -0.39 is 0 Å². The maximum Gasteiger partial charge on any atom is 0.258 e. The molecule has 0 heterocycles. The molecule has 0 radical (unpaired) electrons. The van der Waals surface area contributed by atoms with Crippen LogP contribution in [-0.4, -0.2) is 30.7 Å². The number of carbonyl (C=O) groups is 1. The zero-order chi connectivity index (χ0) is 18.4. The predicted octanol–water partition coefficient (Wildman–Crippen LogP) is 3.69. The highest BCUT2D eigenvalue weighted by Crippen LogP contribution is 2.28. The molecule has 0 aliphatic heterocycles. The minimum absolute atomic E-state index is 0. The van der Waals surface area contributed by atoms with Gasteiger partial charge in [-0.1, -0.05) is 13.0 Å². The molecule has 0 saturated heterocycles. The van der Waals surface area contributed by atoms with Crippen molar-refractivity contribution in [3.8, 4) is 11.5 Å². The lowest BCUT2D eigenvalue weighted by Gasteiger charge is -2.25. The van der Waals surface area contributed by atoms with Crippen molar-refractivity contribution in [3.05, 3.63) is 23.8 Å². The molecule has 0 aliphatic carbocycles. The Morgan fingerprint density at radius 3 is 2.28 bits per heavy atom. The molecule has 5 nitrogen and oxygen atoms in total. The van der Waals surface area contributed by atoms with Crippen LogP contribution in [0.3, 0.4) is 0 Å². The quantitative estimate of drug-likeness (QED) is 0.730. The molecule has 0 fully saturated rings. The molecule has 0 atom stereocenters. The summed E-state index contributed by atoms with van der Waals surface area (Å²) in [6.45, 7) is 13.0. The molecule has 0 aliphatic rings. The van der Waals surface area contributed by atoms with Crippen LogP contribution in [0.15, 0.2) is 18.2 Å². The van der Waals surface area contributed by atoms with E-state index in [0.29, 0.717) is 11.5 Å². The monoisotopic (exact) mass is 372 g/mol. The third-order valence-corrected chi connectivity index (χ3v) is 3.76. The van der Waals surface area contributed by atoms with Gasteiger partial charge in [-0.25, -0.2) is 0 Å². The van der Waals surface area contributed by atoms with Gasteiger partial charge in [-0.05, 0) is 58.7 Å². The summed E-state index contributed by atoms with van der Waals surface area (Å²) < 4.78 is 11.0. The maximum absolute atomic E-state index is 11.9. The lowest BCUT2D eigenvalue weighted by molar-refractivity contribution is -0.124. The summed E-state index contributed by atoms with van der Waals surface area (Å²) in [5.74, 6) is 1.05. The van der Waals surface area contributed by atoms with Crippen molar-refractivity contribution in [2.24, 2.45) is 0 Å². The Hall–Kier alpha value is -1.46. The number of halogens is 1. The molecule has 6 heteroatoms. The first kappa shape index (κ1) is 23.5. The molecule has 1 aromatic carbocycles. The van der Waals surface area contributed by atoms with Gasteiger partial charge in [-0.3, -0.25) is 4.79 Å². The highest BCUT2D eigenvalue weighted by Gasteiger charge is 2.16. The van der Waals surface area contributed by atoms with Crippen molar-refractivity contribution >= 4 is 18.3 Å². The zero-order valence-corrected chi connectivity index (χ0v) is 17.3. The summed E-state index contributed by atoms with van der Waals surface area (Å²) >= 11 is 0. The Balaban J connectivity index is 0.00000576. The van der Waals surface area contributed by atoms with Gasteiger partial charge in [-0.15, -0.1) is 12.4 Å². The summed E-state index contributed by atoms with van der Waals surface area (Å²) in [5.41, 5.74) is 0.930. The van der Waals surface area contributed by atoms with Crippen LogP contribution in [0, 0.1) is 0 Å². The van der Waals surface area contributed by atoms with E-state index in [2.05, 4.69) is 31.4 Å². The molecule has 0 bridgehead atoms. The lowest BCUT2D eigenvalue weighted by Crippen LogP contribution is -2.43. The number of ether oxygens (including phenoxy) is 2. The normalized spacial score (nSPS) is 11.5. The smallest absolute Gasteiger partial charge is 0.258 e. The minimum atomic E-state index is -0.272. The highest BCUT2D eigenvalue weighted by molar-refractivity contribution is 5.85. The first-order valence-corrected chi connectivity index (χ1v) is 8.42. The number of nitrogens with one attached hydrogen (secondary N) is 2. The zero-order valence-electron chi connectivity index (χ0n) is 16.5. The van der Waals surface area contributed by atoms with Crippen LogP contribution in [0.4, 0.5) is 0 Å². The summed E-state index contributed by atoms with van der Waals surface area (Å²) in [4.78, 5) is 11.9. The summed E-state index contributed by atoms with van der Waals surface area (Å²) in [6.07, 6.45) is 1.05. The third kappa shape index (κ3) is 8.98. The number of amides is 1. The van der Waals surface area contributed by atoms with Gasteiger partial charge in [0.25, 0.3) is 5.91 Å². The molecular formula is C19H33ClN2O3. The first-order chi connectivity index (χ1) is 11.1.